The minimum Gasteiger partial charge on any atom is -0.497 e. The van der Waals surface area contributed by atoms with Gasteiger partial charge < -0.3 is 19.7 Å². The van der Waals surface area contributed by atoms with Gasteiger partial charge in [-0.25, -0.2) is 8.42 Å². The van der Waals surface area contributed by atoms with Gasteiger partial charge in [-0.15, -0.1) is 0 Å². The Kier molecular flexibility index (Phi) is 8.16. The fourth-order valence-corrected chi connectivity index (χ4v) is 5.39. The van der Waals surface area contributed by atoms with Crippen LogP contribution < -0.4 is 14.8 Å². The molecule has 0 saturated carbocycles. The molecule has 0 unspecified atom stereocenters. The number of methoxy groups -OCH3 is 2. The second-order valence-electron chi connectivity index (χ2n) is 8.31. The van der Waals surface area contributed by atoms with Gasteiger partial charge in [0.2, 0.25) is 15.9 Å². The van der Waals surface area contributed by atoms with Gasteiger partial charge in [-0.05, 0) is 30.2 Å². The average molecular weight is 490 g/mol. The standard InChI is InChI=1S/C24H31N3O6S/c1-17(2)22(25-23(28)18-8-6-5-7-9-18)24(29)26-12-14-27(15-13-26)34(30,31)21-16-19(32-3)10-11-20(21)33-4/h5-11,16-17,22H,12-15H2,1-4H3,(H,25,28)/t22-/m0/s1. The molecule has 1 fully saturated rings. The molecule has 0 spiro atoms. The van der Waals surface area contributed by atoms with Gasteiger partial charge in [0.25, 0.3) is 5.91 Å². The lowest BCUT2D eigenvalue weighted by molar-refractivity contribution is -0.135. The molecule has 184 valence electrons. The summed E-state index contributed by atoms with van der Waals surface area (Å²) in [4.78, 5) is 27.5. The van der Waals surface area contributed by atoms with E-state index in [9.17, 15) is 18.0 Å². The van der Waals surface area contributed by atoms with Crippen LogP contribution in [0.25, 0.3) is 0 Å². The highest BCUT2D eigenvalue weighted by atomic mass is 32.2. The minimum atomic E-state index is -3.86. The molecular weight excluding hydrogens is 458 g/mol. The Labute approximate surface area is 200 Å². The van der Waals surface area contributed by atoms with E-state index in [0.717, 1.165) is 0 Å². The molecule has 0 aromatic heterocycles. The zero-order valence-corrected chi connectivity index (χ0v) is 20.7. The van der Waals surface area contributed by atoms with Gasteiger partial charge in [-0.2, -0.15) is 4.31 Å². The third-order valence-corrected chi connectivity index (χ3v) is 7.71. The van der Waals surface area contributed by atoms with Gasteiger partial charge in [0.15, 0.2) is 0 Å². The topological polar surface area (TPSA) is 105 Å². The van der Waals surface area contributed by atoms with Crippen molar-refractivity contribution in [1.82, 2.24) is 14.5 Å². The van der Waals surface area contributed by atoms with Gasteiger partial charge >= 0.3 is 0 Å². The van der Waals surface area contributed by atoms with E-state index in [2.05, 4.69) is 5.32 Å². The Balaban J connectivity index is 1.70. The van der Waals surface area contributed by atoms with Crippen molar-refractivity contribution in [3.05, 3.63) is 54.1 Å². The predicted octanol–water partition coefficient (Wildman–Crippen LogP) is 1.99. The third-order valence-electron chi connectivity index (χ3n) is 5.79. The molecule has 9 nitrogen and oxygen atoms in total. The molecule has 1 atom stereocenters. The lowest BCUT2D eigenvalue weighted by Crippen LogP contribution is -2.57. The first-order chi connectivity index (χ1) is 16.2. The second-order valence-corrected chi connectivity index (χ2v) is 10.2. The zero-order valence-electron chi connectivity index (χ0n) is 19.9. The van der Waals surface area contributed by atoms with Crippen LogP contribution in [-0.4, -0.2) is 75.9 Å². The van der Waals surface area contributed by atoms with Gasteiger partial charge in [-0.3, -0.25) is 9.59 Å². The molecule has 1 N–H and O–H groups in total. The van der Waals surface area contributed by atoms with Crippen molar-refractivity contribution in [2.24, 2.45) is 5.92 Å². The van der Waals surface area contributed by atoms with Crippen molar-refractivity contribution in [1.29, 1.82) is 0 Å². The van der Waals surface area contributed by atoms with Crippen LogP contribution in [0.15, 0.2) is 53.4 Å². The van der Waals surface area contributed by atoms with Gasteiger partial charge in [-0.1, -0.05) is 32.0 Å². The van der Waals surface area contributed by atoms with Crippen LogP contribution in [0.2, 0.25) is 0 Å². The van der Waals surface area contributed by atoms with E-state index in [-0.39, 0.29) is 54.6 Å². The smallest absolute Gasteiger partial charge is 0.251 e. The highest BCUT2D eigenvalue weighted by Crippen LogP contribution is 2.31. The number of hydrogen-bond donors (Lipinski definition) is 1. The monoisotopic (exact) mass is 489 g/mol. The number of hydrogen-bond acceptors (Lipinski definition) is 6. The summed E-state index contributed by atoms with van der Waals surface area (Å²) in [7, 11) is -0.985. The number of sulfonamides is 1. The summed E-state index contributed by atoms with van der Waals surface area (Å²) in [5.41, 5.74) is 0.476. The lowest BCUT2D eigenvalue weighted by atomic mass is 10.0. The third kappa shape index (κ3) is 5.51. The molecule has 1 aliphatic heterocycles. The molecule has 0 bridgehead atoms. The van der Waals surface area contributed by atoms with Gasteiger partial charge in [0, 0.05) is 37.8 Å². The quantitative estimate of drug-likeness (QED) is 0.608. The maximum atomic E-state index is 13.3. The first-order valence-corrected chi connectivity index (χ1v) is 12.5. The van der Waals surface area contributed by atoms with Crippen LogP contribution in [0.1, 0.15) is 24.2 Å². The molecular formula is C24H31N3O6S. The van der Waals surface area contributed by atoms with E-state index >= 15 is 0 Å². The molecule has 0 radical (unpaired) electrons. The molecule has 1 saturated heterocycles. The summed E-state index contributed by atoms with van der Waals surface area (Å²) >= 11 is 0. The molecule has 2 aromatic carbocycles. The highest BCUT2D eigenvalue weighted by Gasteiger charge is 2.35. The molecule has 0 aliphatic carbocycles. The van der Waals surface area contributed by atoms with E-state index in [0.29, 0.717) is 11.3 Å². The van der Waals surface area contributed by atoms with E-state index in [1.165, 1.54) is 24.6 Å². The van der Waals surface area contributed by atoms with Gasteiger partial charge in [0.1, 0.15) is 22.4 Å². The number of carbonyl (C=O) groups is 2. The lowest BCUT2D eigenvalue weighted by Gasteiger charge is -2.36. The first kappa shape index (κ1) is 25.5. The fraction of sp³-hybridized carbons (Fsp3) is 0.417. The van der Waals surface area contributed by atoms with Crippen molar-refractivity contribution in [3.63, 3.8) is 0 Å². The number of rotatable bonds is 8. The summed E-state index contributed by atoms with van der Waals surface area (Å²) in [6, 6.07) is 12.6. The number of nitrogens with one attached hydrogen (secondary N) is 1. The summed E-state index contributed by atoms with van der Waals surface area (Å²) in [6.07, 6.45) is 0. The maximum Gasteiger partial charge on any atom is 0.251 e. The molecule has 34 heavy (non-hydrogen) atoms. The van der Waals surface area contributed by atoms with Crippen LogP contribution in [0.5, 0.6) is 11.5 Å². The SMILES string of the molecule is COc1ccc(OC)c(S(=O)(=O)N2CCN(C(=O)[C@@H](NC(=O)c3ccccc3)C(C)C)CC2)c1. The number of benzene rings is 2. The molecule has 10 heteroatoms. The minimum absolute atomic E-state index is 0.0179. The average Bonchev–Trinajstić information content (AvgIpc) is 2.86. The van der Waals surface area contributed by atoms with Crippen molar-refractivity contribution in [2.45, 2.75) is 24.8 Å². The van der Waals surface area contributed by atoms with E-state index < -0.39 is 16.1 Å². The first-order valence-electron chi connectivity index (χ1n) is 11.1. The van der Waals surface area contributed by atoms with Crippen LogP contribution >= 0.6 is 0 Å². The largest absolute Gasteiger partial charge is 0.497 e. The Morgan fingerprint density at radius 1 is 0.941 bits per heavy atom. The second kappa shape index (κ2) is 10.9. The molecule has 1 aliphatic rings. The number of nitrogens with zero attached hydrogens (tertiary/aromatic N) is 2. The molecule has 2 amide bonds. The zero-order chi connectivity index (χ0) is 24.9. The van der Waals surface area contributed by atoms with Gasteiger partial charge in [0.05, 0.1) is 14.2 Å². The maximum absolute atomic E-state index is 13.3. The number of amides is 2. The van der Waals surface area contributed by atoms with E-state index in [4.69, 9.17) is 9.47 Å². The van der Waals surface area contributed by atoms with Crippen molar-refractivity contribution >= 4 is 21.8 Å². The van der Waals surface area contributed by atoms with Crippen LogP contribution in [0.4, 0.5) is 0 Å². The molecule has 2 aromatic rings. The molecule has 3 rings (SSSR count). The van der Waals surface area contributed by atoms with E-state index in [1.807, 2.05) is 19.9 Å². The summed E-state index contributed by atoms with van der Waals surface area (Å²) in [5.74, 6) is -0.0535. The highest BCUT2D eigenvalue weighted by molar-refractivity contribution is 7.89. The van der Waals surface area contributed by atoms with Crippen molar-refractivity contribution in [3.8, 4) is 11.5 Å². The van der Waals surface area contributed by atoms with Crippen LogP contribution in [0, 0.1) is 5.92 Å². The summed E-state index contributed by atoms with van der Waals surface area (Å²) in [5, 5.41) is 2.83. The fourth-order valence-electron chi connectivity index (χ4n) is 3.80. The van der Waals surface area contributed by atoms with Crippen LogP contribution in [-0.2, 0) is 14.8 Å². The Bertz CT molecular complexity index is 1110. The van der Waals surface area contributed by atoms with E-state index in [1.54, 1.807) is 41.3 Å². The normalized spacial score (nSPS) is 15.6. The Hall–Kier alpha value is -3.11. The Morgan fingerprint density at radius 3 is 2.15 bits per heavy atom. The number of ether oxygens (including phenoxy) is 2. The summed E-state index contributed by atoms with van der Waals surface area (Å²) < 4.78 is 38.3. The number of carbonyl (C=O) groups excluding carboxylic acids is 2. The van der Waals surface area contributed by atoms with Crippen LogP contribution in [0.3, 0.4) is 0 Å². The van der Waals surface area contributed by atoms with Crippen molar-refractivity contribution < 1.29 is 27.5 Å². The van der Waals surface area contributed by atoms with Crippen molar-refractivity contribution in [2.75, 3.05) is 40.4 Å². The Morgan fingerprint density at radius 2 is 1.59 bits per heavy atom. The predicted molar refractivity (Wildman–Crippen MR) is 127 cm³/mol. The summed E-state index contributed by atoms with van der Waals surface area (Å²) in [6.45, 7) is 4.43. The number of piperazine rings is 1. The molecule has 1 heterocycles.